The summed E-state index contributed by atoms with van der Waals surface area (Å²) < 4.78 is 2.12. The molecule has 0 bridgehead atoms. The van der Waals surface area contributed by atoms with Gasteiger partial charge in [0.2, 0.25) is 0 Å². The zero-order valence-electron chi connectivity index (χ0n) is 12.3. The van der Waals surface area contributed by atoms with Crippen molar-refractivity contribution >= 4 is 0 Å². The largest absolute Gasteiger partial charge is 0.271 e. The first-order chi connectivity index (χ1) is 9.28. The summed E-state index contributed by atoms with van der Waals surface area (Å²) in [4.78, 5) is 0. The zero-order valence-corrected chi connectivity index (χ0v) is 12.3. The van der Waals surface area contributed by atoms with Crippen LogP contribution in [0.5, 0.6) is 0 Å². The molecule has 1 saturated carbocycles. The second kappa shape index (κ2) is 7.06. The van der Waals surface area contributed by atoms with Crippen molar-refractivity contribution in [3.8, 4) is 0 Å². The summed E-state index contributed by atoms with van der Waals surface area (Å²) in [6, 6.07) is 3.06. The molecule has 1 unspecified atom stereocenters. The van der Waals surface area contributed by atoms with Gasteiger partial charge in [-0.1, -0.05) is 26.7 Å². The number of nitrogens with zero attached hydrogens (tertiary/aromatic N) is 2. The van der Waals surface area contributed by atoms with E-state index in [0.29, 0.717) is 12.1 Å². The van der Waals surface area contributed by atoms with Crippen molar-refractivity contribution in [3.05, 3.63) is 18.0 Å². The van der Waals surface area contributed by atoms with Crippen molar-refractivity contribution in [2.45, 2.75) is 70.9 Å². The van der Waals surface area contributed by atoms with E-state index in [0.717, 1.165) is 25.2 Å². The molecule has 3 N–H and O–H groups in total. The Balaban J connectivity index is 1.97. The van der Waals surface area contributed by atoms with E-state index >= 15 is 0 Å². The van der Waals surface area contributed by atoms with Gasteiger partial charge in [0.1, 0.15) is 0 Å². The fourth-order valence-corrected chi connectivity index (χ4v) is 3.30. The van der Waals surface area contributed by atoms with Crippen LogP contribution in [0.4, 0.5) is 0 Å². The van der Waals surface area contributed by atoms with Crippen molar-refractivity contribution < 1.29 is 0 Å². The SMILES string of the molecule is CCC(CC)n1ccc(CC(NN)C2CCCC2)n1. The normalized spacial score (nSPS) is 18.3. The Morgan fingerprint density at radius 3 is 2.63 bits per heavy atom. The smallest absolute Gasteiger partial charge is 0.0640 e. The van der Waals surface area contributed by atoms with Crippen molar-refractivity contribution in [3.63, 3.8) is 0 Å². The third-order valence-corrected chi connectivity index (χ3v) is 4.59. The van der Waals surface area contributed by atoms with E-state index in [-0.39, 0.29) is 0 Å². The van der Waals surface area contributed by atoms with E-state index in [1.807, 2.05) is 0 Å². The van der Waals surface area contributed by atoms with Crippen LogP contribution in [-0.2, 0) is 6.42 Å². The van der Waals surface area contributed by atoms with E-state index < -0.39 is 0 Å². The number of hydrazine groups is 1. The number of nitrogens with one attached hydrogen (secondary N) is 1. The summed E-state index contributed by atoms with van der Waals surface area (Å²) in [7, 11) is 0. The van der Waals surface area contributed by atoms with Crippen molar-refractivity contribution in [2.24, 2.45) is 11.8 Å². The van der Waals surface area contributed by atoms with Gasteiger partial charge in [-0.3, -0.25) is 16.0 Å². The lowest BCUT2D eigenvalue weighted by Gasteiger charge is -2.21. The van der Waals surface area contributed by atoms with Crippen molar-refractivity contribution in [1.29, 1.82) is 0 Å². The lowest BCUT2D eigenvalue weighted by Crippen LogP contribution is -2.41. The van der Waals surface area contributed by atoms with Crippen LogP contribution in [0.25, 0.3) is 0 Å². The van der Waals surface area contributed by atoms with Gasteiger partial charge in [-0.05, 0) is 37.7 Å². The van der Waals surface area contributed by atoms with E-state index in [1.54, 1.807) is 0 Å². The number of hydrogen-bond donors (Lipinski definition) is 2. The summed E-state index contributed by atoms with van der Waals surface area (Å²) in [6.45, 7) is 4.44. The Morgan fingerprint density at radius 2 is 2.05 bits per heavy atom. The van der Waals surface area contributed by atoms with Gasteiger partial charge in [-0.25, -0.2) is 0 Å². The third kappa shape index (κ3) is 3.57. The minimum atomic E-state index is 0.382. The summed E-state index contributed by atoms with van der Waals surface area (Å²) in [5.41, 5.74) is 4.18. The Morgan fingerprint density at radius 1 is 1.37 bits per heavy atom. The topological polar surface area (TPSA) is 55.9 Å². The van der Waals surface area contributed by atoms with Gasteiger partial charge in [0.05, 0.1) is 11.7 Å². The molecule has 1 aromatic heterocycles. The van der Waals surface area contributed by atoms with Crippen LogP contribution in [0, 0.1) is 5.92 Å². The van der Waals surface area contributed by atoms with Crippen molar-refractivity contribution in [1.82, 2.24) is 15.2 Å². The Bertz CT molecular complexity index is 364. The number of hydrogen-bond acceptors (Lipinski definition) is 3. The van der Waals surface area contributed by atoms with E-state index in [1.165, 1.54) is 31.4 Å². The highest BCUT2D eigenvalue weighted by molar-refractivity contribution is 5.03. The van der Waals surface area contributed by atoms with Gasteiger partial charge in [-0.15, -0.1) is 0 Å². The van der Waals surface area contributed by atoms with Gasteiger partial charge < -0.3 is 0 Å². The molecule has 0 aromatic carbocycles. The highest BCUT2D eigenvalue weighted by atomic mass is 15.3. The summed E-state index contributed by atoms with van der Waals surface area (Å²) in [6.07, 6.45) is 10.7. The van der Waals surface area contributed by atoms with E-state index in [4.69, 9.17) is 10.9 Å². The van der Waals surface area contributed by atoms with Crippen LogP contribution in [-0.4, -0.2) is 15.8 Å². The summed E-state index contributed by atoms with van der Waals surface area (Å²) >= 11 is 0. The molecule has 1 aromatic rings. The molecule has 1 heterocycles. The lowest BCUT2D eigenvalue weighted by molar-refractivity contribution is 0.355. The molecule has 0 aliphatic heterocycles. The molecule has 1 fully saturated rings. The minimum Gasteiger partial charge on any atom is -0.271 e. The molecule has 0 radical (unpaired) electrons. The second-order valence-corrected chi connectivity index (χ2v) is 5.78. The zero-order chi connectivity index (χ0) is 13.7. The fourth-order valence-electron chi connectivity index (χ4n) is 3.30. The summed E-state index contributed by atoms with van der Waals surface area (Å²) in [5, 5.41) is 4.73. The van der Waals surface area contributed by atoms with Crippen molar-refractivity contribution in [2.75, 3.05) is 0 Å². The Hall–Kier alpha value is -0.870. The number of rotatable bonds is 7. The molecule has 4 heteroatoms. The average Bonchev–Trinajstić information content (AvgIpc) is 3.09. The van der Waals surface area contributed by atoms with Gasteiger partial charge in [0.25, 0.3) is 0 Å². The first kappa shape index (κ1) is 14.5. The molecular weight excluding hydrogens is 236 g/mol. The molecule has 1 atom stereocenters. The molecule has 1 aliphatic carbocycles. The standard InChI is InChI=1S/C15H28N4/c1-3-14(4-2)19-10-9-13(18-19)11-15(17-16)12-7-5-6-8-12/h9-10,12,14-15,17H,3-8,11,16H2,1-2H3. The molecule has 0 spiro atoms. The summed E-state index contributed by atoms with van der Waals surface area (Å²) in [5.74, 6) is 6.46. The van der Waals surface area contributed by atoms with Crippen LogP contribution in [0.3, 0.4) is 0 Å². The first-order valence-corrected chi connectivity index (χ1v) is 7.78. The molecule has 108 valence electrons. The number of nitrogens with two attached hydrogens (primary N) is 1. The van der Waals surface area contributed by atoms with Crippen LogP contribution >= 0.6 is 0 Å². The highest BCUT2D eigenvalue weighted by Gasteiger charge is 2.25. The second-order valence-electron chi connectivity index (χ2n) is 5.78. The Kier molecular flexibility index (Phi) is 5.40. The molecule has 2 rings (SSSR count). The molecule has 19 heavy (non-hydrogen) atoms. The molecule has 0 amide bonds. The quantitative estimate of drug-likeness (QED) is 0.588. The predicted octanol–water partition coefficient (Wildman–Crippen LogP) is 2.81. The predicted molar refractivity (Wildman–Crippen MR) is 78.6 cm³/mol. The monoisotopic (exact) mass is 264 g/mol. The Labute approximate surface area is 116 Å². The highest BCUT2D eigenvalue weighted by Crippen LogP contribution is 2.28. The molecule has 1 aliphatic rings. The fraction of sp³-hybridized carbons (Fsp3) is 0.800. The molecule has 0 saturated heterocycles. The number of aromatic nitrogens is 2. The average molecular weight is 264 g/mol. The maximum Gasteiger partial charge on any atom is 0.0640 e. The van der Waals surface area contributed by atoms with Gasteiger partial charge in [0.15, 0.2) is 0 Å². The maximum atomic E-state index is 5.73. The van der Waals surface area contributed by atoms with Gasteiger partial charge in [-0.2, -0.15) is 5.10 Å². The van der Waals surface area contributed by atoms with E-state index in [9.17, 15) is 0 Å². The van der Waals surface area contributed by atoms with Crippen LogP contribution < -0.4 is 11.3 Å². The molecular formula is C15H28N4. The van der Waals surface area contributed by atoms with Crippen LogP contribution in [0.1, 0.15) is 64.1 Å². The maximum absolute atomic E-state index is 5.73. The van der Waals surface area contributed by atoms with Crippen LogP contribution in [0.15, 0.2) is 12.3 Å². The van der Waals surface area contributed by atoms with Gasteiger partial charge >= 0.3 is 0 Å². The third-order valence-electron chi connectivity index (χ3n) is 4.59. The van der Waals surface area contributed by atoms with Crippen LogP contribution in [0.2, 0.25) is 0 Å². The first-order valence-electron chi connectivity index (χ1n) is 7.78. The van der Waals surface area contributed by atoms with E-state index in [2.05, 4.69) is 36.2 Å². The van der Waals surface area contributed by atoms with Gasteiger partial charge in [0, 0.05) is 18.7 Å². The lowest BCUT2D eigenvalue weighted by atomic mass is 9.95. The molecule has 4 nitrogen and oxygen atoms in total. The minimum absolute atomic E-state index is 0.382.